The first kappa shape index (κ1) is 13.6. The molecule has 0 unspecified atom stereocenters. The normalized spacial score (nSPS) is 11.8. The lowest BCUT2D eigenvalue weighted by Crippen LogP contribution is -2.31. The van der Waals surface area contributed by atoms with Gasteiger partial charge in [0.2, 0.25) is 0 Å². The van der Waals surface area contributed by atoms with Crippen molar-refractivity contribution in [3.8, 4) is 0 Å². The quantitative estimate of drug-likeness (QED) is 0.870. The number of thiocarbonyl (C=S) groups is 1. The maximum absolute atomic E-state index is 5.70. The second kappa shape index (κ2) is 4.84. The standard InChI is InChI=1S/C11H18BrN3S/c1-7-9(12)8(2)15(14-7)6-5-11(3,4)10(13)16/h5-6H2,1-4H3,(H2,13,16). The Hall–Kier alpha value is -0.420. The molecule has 0 fully saturated rings. The molecule has 0 aliphatic carbocycles. The van der Waals surface area contributed by atoms with Crippen molar-refractivity contribution in [2.24, 2.45) is 11.1 Å². The fourth-order valence-electron chi connectivity index (χ4n) is 1.40. The molecular formula is C11H18BrN3S. The van der Waals surface area contributed by atoms with E-state index in [2.05, 4.69) is 41.8 Å². The Morgan fingerprint density at radius 1 is 1.50 bits per heavy atom. The Bertz CT molecular complexity index is 410. The van der Waals surface area contributed by atoms with Crippen molar-refractivity contribution >= 4 is 33.1 Å². The van der Waals surface area contributed by atoms with Gasteiger partial charge in [0, 0.05) is 17.7 Å². The van der Waals surface area contributed by atoms with Crippen LogP contribution in [0.3, 0.4) is 0 Å². The number of rotatable bonds is 4. The van der Waals surface area contributed by atoms with E-state index in [1.54, 1.807) is 0 Å². The monoisotopic (exact) mass is 303 g/mol. The lowest BCUT2D eigenvalue weighted by Gasteiger charge is -2.23. The number of halogens is 1. The molecule has 1 heterocycles. The topological polar surface area (TPSA) is 43.8 Å². The predicted molar refractivity (Wildman–Crippen MR) is 74.6 cm³/mol. The van der Waals surface area contributed by atoms with Crippen molar-refractivity contribution in [2.45, 2.75) is 40.7 Å². The van der Waals surface area contributed by atoms with E-state index in [9.17, 15) is 0 Å². The summed E-state index contributed by atoms with van der Waals surface area (Å²) >= 11 is 8.57. The van der Waals surface area contributed by atoms with Gasteiger partial charge in [0.1, 0.15) is 0 Å². The van der Waals surface area contributed by atoms with Gasteiger partial charge in [-0.15, -0.1) is 0 Å². The third kappa shape index (κ3) is 2.83. The molecule has 0 atom stereocenters. The summed E-state index contributed by atoms with van der Waals surface area (Å²) in [5, 5.41) is 4.46. The lowest BCUT2D eigenvalue weighted by atomic mass is 9.89. The highest BCUT2D eigenvalue weighted by molar-refractivity contribution is 9.10. The Morgan fingerprint density at radius 2 is 2.06 bits per heavy atom. The number of nitrogens with zero attached hydrogens (tertiary/aromatic N) is 2. The SMILES string of the molecule is Cc1nn(CCC(C)(C)C(N)=S)c(C)c1Br. The molecule has 0 aliphatic rings. The zero-order valence-electron chi connectivity index (χ0n) is 10.2. The van der Waals surface area contributed by atoms with Crippen molar-refractivity contribution in [3.05, 3.63) is 15.9 Å². The second-order valence-corrected chi connectivity index (χ2v) is 5.94. The first-order valence-electron chi connectivity index (χ1n) is 5.25. The van der Waals surface area contributed by atoms with Crippen LogP contribution in [0.4, 0.5) is 0 Å². The molecule has 1 aromatic heterocycles. The van der Waals surface area contributed by atoms with Crippen LogP contribution in [0.25, 0.3) is 0 Å². The van der Waals surface area contributed by atoms with E-state index in [0.717, 1.165) is 28.8 Å². The van der Waals surface area contributed by atoms with E-state index in [1.807, 2.05) is 11.6 Å². The molecule has 1 aromatic rings. The van der Waals surface area contributed by atoms with Crippen molar-refractivity contribution in [2.75, 3.05) is 0 Å². The van der Waals surface area contributed by atoms with Gasteiger partial charge in [-0.2, -0.15) is 5.10 Å². The van der Waals surface area contributed by atoms with Gasteiger partial charge in [0.25, 0.3) is 0 Å². The maximum atomic E-state index is 5.70. The molecule has 2 N–H and O–H groups in total. The number of nitrogens with two attached hydrogens (primary N) is 1. The summed E-state index contributed by atoms with van der Waals surface area (Å²) in [4.78, 5) is 0.563. The van der Waals surface area contributed by atoms with Crippen LogP contribution in [-0.4, -0.2) is 14.8 Å². The predicted octanol–water partition coefficient (Wildman–Crippen LogP) is 2.96. The minimum Gasteiger partial charge on any atom is -0.393 e. The number of hydrogen-bond donors (Lipinski definition) is 1. The Labute approximate surface area is 111 Å². The summed E-state index contributed by atoms with van der Waals surface area (Å²) in [7, 11) is 0. The van der Waals surface area contributed by atoms with Gasteiger partial charge in [-0.1, -0.05) is 26.1 Å². The third-order valence-electron chi connectivity index (χ3n) is 2.91. The summed E-state index contributed by atoms with van der Waals surface area (Å²) < 4.78 is 3.08. The molecule has 5 heteroatoms. The van der Waals surface area contributed by atoms with Gasteiger partial charge in [-0.3, -0.25) is 4.68 Å². The van der Waals surface area contributed by atoms with Gasteiger partial charge in [-0.25, -0.2) is 0 Å². The van der Waals surface area contributed by atoms with Crippen molar-refractivity contribution < 1.29 is 0 Å². The molecule has 0 radical (unpaired) electrons. The molecule has 3 nitrogen and oxygen atoms in total. The highest BCUT2D eigenvalue weighted by Gasteiger charge is 2.22. The zero-order chi connectivity index (χ0) is 12.5. The van der Waals surface area contributed by atoms with Crippen LogP contribution in [-0.2, 0) is 6.54 Å². The van der Waals surface area contributed by atoms with Gasteiger partial charge < -0.3 is 5.73 Å². The average molecular weight is 304 g/mol. The number of aryl methyl sites for hydroxylation is 2. The van der Waals surface area contributed by atoms with Crippen LogP contribution in [0.1, 0.15) is 31.7 Å². The minimum absolute atomic E-state index is 0.117. The fraction of sp³-hybridized carbons (Fsp3) is 0.636. The molecule has 0 spiro atoms. The second-order valence-electron chi connectivity index (χ2n) is 4.71. The van der Waals surface area contributed by atoms with Crippen LogP contribution < -0.4 is 5.73 Å². The van der Waals surface area contributed by atoms with E-state index in [4.69, 9.17) is 18.0 Å². The zero-order valence-corrected chi connectivity index (χ0v) is 12.6. The van der Waals surface area contributed by atoms with Crippen LogP contribution in [0, 0.1) is 19.3 Å². The first-order chi connectivity index (χ1) is 7.25. The van der Waals surface area contributed by atoms with Gasteiger partial charge in [0.15, 0.2) is 0 Å². The van der Waals surface area contributed by atoms with Crippen molar-refractivity contribution in [1.29, 1.82) is 0 Å². The molecule has 0 bridgehead atoms. The average Bonchev–Trinajstić information content (AvgIpc) is 2.43. The number of aromatic nitrogens is 2. The fourth-order valence-corrected chi connectivity index (χ4v) is 1.79. The highest BCUT2D eigenvalue weighted by atomic mass is 79.9. The molecular weight excluding hydrogens is 286 g/mol. The summed E-state index contributed by atoms with van der Waals surface area (Å²) in [5.74, 6) is 0. The van der Waals surface area contributed by atoms with Crippen LogP contribution >= 0.6 is 28.1 Å². The van der Waals surface area contributed by atoms with E-state index in [0.29, 0.717) is 4.99 Å². The molecule has 0 saturated carbocycles. The van der Waals surface area contributed by atoms with Gasteiger partial charge in [0.05, 0.1) is 15.2 Å². The Morgan fingerprint density at radius 3 is 2.44 bits per heavy atom. The van der Waals surface area contributed by atoms with E-state index >= 15 is 0 Å². The third-order valence-corrected chi connectivity index (χ3v) is 4.61. The molecule has 16 heavy (non-hydrogen) atoms. The van der Waals surface area contributed by atoms with Gasteiger partial charge >= 0.3 is 0 Å². The van der Waals surface area contributed by atoms with E-state index < -0.39 is 0 Å². The molecule has 0 amide bonds. The molecule has 0 aliphatic heterocycles. The Balaban J connectivity index is 2.76. The molecule has 0 saturated heterocycles. The largest absolute Gasteiger partial charge is 0.393 e. The summed E-state index contributed by atoms with van der Waals surface area (Å²) in [6.07, 6.45) is 0.900. The Kier molecular flexibility index (Phi) is 4.12. The molecule has 90 valence electrons. The molecule has 1 rings (SSSR count). The first-order valence-corrected chi connectivity index (χ1v) is 6.45. The van der Waals surface area contributed by atoms with Gasteiger partial charge in [-0.05, 0) is 36.2 Å². The highest BCUT2D eigenvalue weighted by Crippen LogP contribution is 2.24. The summed E-state index contributed by atoms with van der Waals surface area (Å²) in [6.45, 7) is 9.01. The van der Waals surface area contributed by atoms with Crippen LogP contribution in [0.15, 0.2) is 4.47 Å². The van der Waals surface area contributed by atoms with Crippen molar-refractivity contribution in [3.63, 3.8) is 0 Å². The maximum Gasteiger partial charge on any atom is 0.0785 e. The van der Waals surface area contributed by atoms with E-state index in [1.165, 1.54) is 0 Å². The van der Waals surface area contributed by atoms with Crippen LogP contribution in [0.5, 0.6) is 0 Å². The minimum atomic E-state index is -0.117. The van der Waals surface area contributed by atoms with Crippen molar-refractivity contribution in [1.82, 2.24) is 9.78 Å². The molecule has 0 aromatic carbocycles. The van der Waals surface area contributed by atoms with Crippen LogP contribution in [0.2, 0.25) is 0 Å². The smallest absolute Gasteiger partial charge is 0.0785 e. The van der Waals surface area contributed by atoms with E-state index in [-0.39, 0.29) is 5.41 Å². The summed E-state index contributed by atoms with van der Waals surface area (Å²) in [6, 6.07) is 0. The lowest BCUT2D eigenvalue weighted by molar-refractivity contribution is 0.413. The summed E-state index contributed by atoms with van der Waals surface area (Å²) in [5.41, 5.74) is 7.75. The number of hydrogen-bond acceptors (Lipinski definition) is 2.